The number of benzene rings is 2. The van der Waals surface area contributed by atoms with Gasteiger partial charge in [-0.2, -0.15) is 0 Å². The van der Waals surface area contributed by atoms with Gasteiger partial charge in [-0.25, -0.2) is 14.6 Å². The van der Waals surface area contributed by atoms with Crippen molar-refractivity contribution < 1.29 is 19.1 Å². The maximum atomic E-state index is 12.8. The number of ether oxygens (including phenoxy) is 1. The van der Waals surface area contributed by atoms with Crippen molar-refractivity contribution in [2.75, 3.05) is 0 Å². The van der Waals surface area contributed by atoms with Gasteiger partial charge in [-0.1, -0.05) is 48.0 Å². The number of fused-ring (bicyclic) bond motifs is 1. The first-order valence-corrected chi connectivity index (χ1v) is 8.63. The summed E-state index contributed by atoms with van der Waals surface area (Å²) in [5, 5.41) is 2.49. The quantitative estimate of drug-likeness (QED) is 0.679. The second-order valence-electron chi connectivity index (χ2n) is 6.34. The standard InChI is InChI=1S/C21H19N3O4/c1-12-7-9-14(10-8-12)18-11-16(15-5-3-4-6-17(15)23-18)20(26)28-13(2)19(25)24-21(22)27/h3-11,13H,1-2H3,(H3,22,24,25,27)/t13-/m0/s1. The van der Waals surface area contributed by atoms with E-state index in [1.807, 2.05) is 42.6 Å². The average Bonchev–Trinajstić information content (AvgIpc) is 2.67. The number of pyridine rings is 1. The van der Waals surface area contributed by atoms with Gasteiger partial charge in [0, 0.05) is 10.9 Å². The van der Waals surface area contributed by atoms with Crippen LogP contribution in [0, 0.1) is 6.92 Å². The number of aromatic nitrogens is 1. The fourth-order valence-corrected chi connectivity index (χ4v) is 2.72. The highest BCUT2D eigenvalue weighted by Gasteiger charge is 2.22. The number of urea groups is 1. The smallest absolute Gasteiger partial charge is 0.339 e. The van der Waals surface area contributed by atoms with Gasteiger partial charge in [0.25, 0.3) is 5.91 Å². The molecule has 142 valence electrons. The van der Waals surface area contributed by atoms with Crippen LogP contribution < -0.4 is 11.1 Å². The lowest BCUT2D eigenvalue weighted by Gasteiger charge is -2.14. The number of imide groups is 1. The third-order valence-corrected chi connectivity index (χ3v) is 4.18. The molecule has 7 nitrogen and oxygen atoms in total. The first kappa shape index (κ1) is 19.0. The molecule has 0 radical (unpaired) electrons. The summed E-state index contributed by atoms with van der Waals surface area (Å²) in [6.45, 7) is 3.35. The Bertz CT molecular complexity index is 1060. The van der Waals surface area contributed by atoms with Gasteiger partial charge >= 0.3 is 12.0 Å². The minimum atomic E-state index is -1.19. The highest BCUT2D eigenvalue weighted by molar-refractivity contribution is 6.05. The van der Waals surface area contributed by atoms with Crippen LogP contribution in [0.3, 0.4) is 0 Å². The molecule has 1 heterocycles. The van der Waals surface area contributed by atoms with Gasteiger partial charge in [-0.05, 0) is 26.0 Å². The summed E-state index contributed by atoms with van der Waals surface area (Å²) in [6.07, 6.45) is -1.19. The van der Waals surface area contributed by atoms with Gasteiger partial charge in [0.05, 0.1) is 16.8 Å². The summed E-state index contributed by atoms with van der Waals surface area (Å²) < 4.78 is 5.23. The number of aryl methyl sites for hydroxylation is 1. The van der Waals surface area contributed by atoms with Crippen LogP contribution in [0.25, 0.3) is 22.2 Å². The van der Waals surface area contributed by atoms with Crippen LogP contribution in [0.4, 0.5) is 4.79 Å². The van der Waals surface area contributed by atoms with Crippen LogP contribution in [0.2, 0.25) is 0 Å². The molecule has 3 amide bonds. The normalized spacial score (nSPS) is 11.6. The summed E-state index contributed by atoms with van der Waals surface area (Å²) in [7, 11) is 0. The lowest BCUT2D eigenvalue weighted by atomic mass is 10.0. The summed E-state index contributed by atoms with van der Waals surface area (Å²) >= 11 is 0. The molecule has 3 N–H and O–H groups in total. The number of primary amides is 1. The lowest BCUT2D eigenvalue weighted by Crippen LogP contribution is -2.42. The number of nitrogens with two attached hydrogens (primary N) is 1. The number of carbonyl (C=O) groups is 3. The van der Waals surface area contributed by atoms with E-state index in [-0.39, 0.29) is 5.56 Å². The van der Waals surface area contributed by atoms with E-state index in [4.69, 9.17) is 10.5 Å². The predicted octanol–water partition coefficient (Wildman–Crippen LogP) is 2.95. The van der Waals surface area contributed by atoms with E-state index in [0.29, 0.717) is 16.6 Å². The zero-order chi connectivity index (χ0) is 20.3. The van der Waals surface area contributed by atoms with Crippen LogP contribution in [-0.2, 0) is 9.53 Å². The molecule has 28 heavy (non-hydrogen) atoms. The molecule has 1 aromatic heterocycles. The number of hydrogen-bond donors (Lipinski definition) is 2. The van der Waals surface area contributed by atoms with E-state index < -0.39 is 24.0 Å². The van der Waals surface area contributed by atoms with E-state index in [9.17, 15) is 14.4 Å². The topological polar surface area (TPSA) is 111 Å². The minimum absolute atomic E-state index is 0.278. The second kappa shape index (κ2) is 7.87. The van der Waals surface area contributed by atoms with Crippen molar-refractivity contribution in [3.8, 4) is 11.3 Å². The molecule has 3 aromatic rings. The summed E-state index contributed by atoms with van der Waals surface area (Å²) in [5.41, 5.74) is 8.40. The Kier molecular flexibility index (Phi) is 5.35. The Morgan fingerprint density at radius 3 is 2.43 bits per heavy atom. The van der Waals surface area contributed by atoms with Crippen LogP contribution in [0.15, 0.2) is 54.6 Å². The number of para-hydroxylation sites is 1. The van der Waals surface area contributed by atoms with Crippen LogP contribution in [0.1, 0.15) is 22.8 Å². The maximum absolute atomic E-state index is 12.8. The fraction of sp³-hybridized carbons (Fsp3) is 0.143. The average molecular weight is 377 g/mol. The monoisotopic (exact) mass is 377 g/mol. The molecule has 0 saturated heterocycles. The first-order chi connectivity index (χ1) is 13.3. The van der Waals surface area contributed by atoms with Gasteiger partial charge < -0.3 is 10.5 Å². The number of esters is 1. The van der Waals surface area contributed by atoms with Gasteiger partial charge in [0.15, 0.2) is 6.10 Å². The van der Waals surface area contributed by atoms with Crippen molar-refractivity contribution in [2.45, 2.75) is 20.0 Å². The van der Waals surface area contributed by atoms with Crippen LogP contribution >= 0.6 is 0 Å². The Morgan fingerprint density at radius 1 is 1.07 bits per heavy atom. The van der Waals surface area contributed by atoms with Crippen LogP contribution in [-0.4, -0.2) is 29.0 Å². The molecule has 0 spiro atoms. The first-order valence-electron chi connectivity index (χ1n) is 8.63. The van der Waals surface area contributed by atoms with E-state index in [1.165, 1.54) is 6.92 Å². The zero-order valence-corrected chi connectivity index (χ0v) is 15.4. The van der Waals surface area contributed by atoms with E-state index >= 15 is 0 Å². The second-order valence-corrected chi connectivity index (χ2v) is 6.34. The van der Waals surface area contributed by atoms with E-state index in [2.05, 4.69) is 4.98 Å². The minimum Gasteiger partial charge on any atom is -0.449 e. The third-order valence-electron chi connectivity index (χ3n) is 4.18. The highest BCUT2D eigenvalue weighted by Crippen LogP contribution is 2.26. The Morgan fingerprint density at radius 2 is 1.75 bits per heavy atom. The van der Waals surface area contributed by atoms with Gasteiger partial charge in [-0.3, -0.25) is 10.1 Å². The summed E-state index contributed by atoms with van der Waals surface area (Å²) in [4.78, 5) is 40.0. The molecule has 0 aliphatic heterocycles. The molecule has 0 aliphatic rings. The number of hydrogen-bond acceptors (Lipinski definition) is 5. The molecule has 0 fully saturated rings. The molecule has 3 rings (SSSR count). The molecule has 0 unspecified atom stereocenters. The number of nitrogens with zero attached hydrogens (tertiary/aromatic N) is 1. The number of nitrogens with one attached hydrogen (secondary N) is 1. The van der Waals surface area contributed by atoms with Crippen molar-refractivity contribution >= 4 is 28.8 Å². The number of carbonyl (C=O) groups excluding carboxylic acids is 3. The fourth-order valence-electron chi connectivity index (χ4n) is 2.72. The van der Waals surface area contributed by atoms with Crippen molar-refractivity contribution in [1.82, 2.24) is 10.3 Å². The molecule has 1 atom stereocenters. The molecule has 0 bridgehead atoms. The highest BCUT2D eigenvalue weighted by atomic mass is 16.5. The Hall–Kier alpha value is -3.74. The third kappa shape index (κ3) is 4.15. The molecule has 2 aromatic carbocycles. The zero-order valence-electron chi connectivity index (χ0n) is 15.4. The van der Waals surface area contributed by atoms with E-state index in [1.54, 1.807) is 24.3 Å². The Balaban J connectivity index is 1.99. The SMILES string of the molecule is Cc1ccc(-c2cc(C(=O)O[C@@H](C)C(=O)NC(N)=O)c3ccccc3n2)cc1. The van der Waals surface area contributed by atoms with Crippen LogP contribution in [0.5, 0.6) is 0 Å². The van der Waals surface area contributed by atoms with E-state index in [0.717, 1.165) is 11.1 Å². The van der Waals surface area contributed by atoms with Crippen molar-refractivity contribution in [2.24, 2.45) is 5.73 Å². The summed E-state index contributed by atoms with van der Waals surface area (Å²) in [5.74, 6) is -1.49. The summed E-state index contributed by atoms with van der Waals surface area (Å²) in [6, 6.07) is 15.6. The molecular formula is C21H19N3O4. The maximum Gasteiger partial charge on any atom is 0.339 e. The molecule has 0 aliphatic carbocycles. The van der Waals surface area contributed by atoms with Crippen molar-refractivity contribution in [3.05, 3.63) is 65.7 Å². The molecule has 0 saturated carbocycles. The van der Waals surface area contributed by atoms with Gasteiger partial charge in [-0.15, -0.1) is 0 Å². The van der Waals surface area contributed by atoms with Gasteiger partial charge in [0.2, 0.25) is 0 Å². The lowest BCUT2D eigenvalue weighted by molar-refractivity contribution is -0.127. The van der Waals surface area contributed by atoms with Crippen molar-refractivity contribution in [1.29, 1.82) is 0 Å². The van der Waals surface area contributed by atoms with Gasteiger partial charge in [0.1, 0.15) is 0 Å². The number of rotatable bonds is 4. The predicted molar refractivity (Wildman–Crippen MR) is 105 cm³/mol. The largest absolute Gasteiger partial charge is 0.449 e. The Labute approximate surface area is 161 Å². The number of amides is 3. The molecular weight excluding hydrogens is 358 g/mol. The molecule has 7 heteroatoms. The van der Waals surface area contributed by atoms with Crippen molar-refractivity contribution in [3.63, 3.8) is 0 Å².